The summed E-state index contributed by atoms with van der Waals surface area (Å²) in [6.45, 7) is 0. The summed E-state index contributed by atoms with van der Waals surface area (Å²) in [6.07, 6.45) is 7.06. The third-order valence-electron chi connectivity index (χ3n) is 4.97. The standard InChI is InChI=1S/C19H21NO/c21-19-10-4-8-15-16(19)11-12-18(15)20-17-9-3-6-13-5-1-2-7-14(13)17/h3-4,6,8-10,18,20-21H,1-2,5,7,11-12H2. The Morgan fingerprint density at radius 2 is 1.76 bits per heavy atom. The molecule has 0 bridgehead atoms. The quantitative estimate of drug-likeness (QED) is 0.855. The molecule has 1 unspecified atom stereocenters. The van der Waals surface area contributed by atoms with Gasteiger partial charge in [-0.2, -0.15) is 0 Å². The maximum atomic E-state index is 9.98. The Morgan fingerprint density at radius 3 is 2.71 bits per heavy atom. The van der Waals surface area contributed by atoms with Crippen LogP contribution in [0.3, 0.4) is 0 Å². The Balaban J connectivity index is 1.66. The average molecular weight is 279 g/mol. The molecule has 21 heavy (non-hydrogen) atoms. The van der Waals surface area contributed by atoms with Crippen LogP contribution in [0.25, 0.3) is 0 Å². The zero-order valence-electron chi connectivity index (χ0n) is 12.2. The van der Waals surface area contributed by atoms with E-state index in [4.69, 9.17) is 0 Å². The van der Waals surface area contributed by atoms with Crippen molar-refractivity contribution in [3.05, 3.63) is 58.7 Å². The van der Waals surface area contributed by atoms with E-state index in [1.165, 1.54) is 48.1 Å². The van der Waals surface area contributed by atoms with Crippen molar-refractivity contribution in [2.45, 2.75) is 44.6 Å². The summed E-state index contributed by atoms with van der Waals surface area (Å²) in [7, 11) is 0. The number of benzene rings is 2. The van der Waals surface area contributed by atoms with Gasteiger partial charge in [-0.05, 0) is 72.9 Å². The van der Waals surface area contributed by atoms with Gasteiger partial charge in [0.15, 0.2) is 0 Å². The van der Waals surface area contributed by atoms with Crippen LogP contribution >= 0.6 is 0 Å². The largest absolute Gasteiger partial charge is 0.508 e. The van der Waals surface area contributed by atoms with Crippen molar-refractivity contribution in [2.75, 3.05) is 5.32 Å². The van der Waals surface area contributed by atoms with Crippen molar-refractivity contribution in [3.8, 4) is 5.75 Å². The van der Waals surface area contributed by atoms with E-state index < -0.39 is 0 Å². The number of aromatic hydroxyl groups is 1. The summed E-state index contributed by atoms with van der Waals surface area (Å²) >= 11 is 0. The number of aryl methyl sites for hydroxylation is 1. The second-order valence-corrected chi connectivity index (χ2v) is 6.23. The molecular weight excluding hydrogens is 258 g/mol. The normalized spacial score (nSPS) is 19.9. The second-order valence-electron chi connectivity index (χ2n) is 6.23. The SMILES string of the molecule is Oc1cccc2c1CCC2Nc1cccc2c1CCCC2. The molecule has 2 aliphatic rings. The van der Waals surface area contributed by atoms with Crippen molar-refractivity contribution in [1.29, 1.82) is 0 Å². The van der Waals surface area contributed by atoms with Crippen LogP contribution in [0.4, 0.5) is 5.69 Å². The van der Waals surface area contributed by atoms with E-state index in [0.717, 1.165) is 18.4 Å². The number of phenols is 1. The number of fused-ring (bicyclic) bond motifs is 2. The molecular formula is C19H21NO. The van der Waals surface area contributed by atoms with E-state index in [0.29, 0.717) is 11.8 Å². The maximum Gasteiger partial charge on any atom is 0.119 e. The van der Waals surface area contributed by atoms with Crippen molar-refractivity contribution in [2.24, 2.45) is 0 Å². The van der Waals surface area contributed by atoms with E-state index in [1.54, 1.807) is 6.07 Å². The molecule has 0 radical (unpaired) electrons. The van der Waals surface area contributed by atoms with Crippen molar-refractivity contribution in [1.82, 2.24) is 0 Å². The molecule has 108 valence electrons. The molecule has 0 aliphatic heterocycles. The molecule has 0 aromatic heterocycles. The molecule has 4 rings (SSSR count). The van der Waals surface area contributed by atoms with Crippen LogP contribution in [0.5, 0.6) is 5.75 Å². The Labute approximate surface area is 125 Å². The number of phenolic OH excluding ortho intramolecular Hbond substituents is 1. The molecule has 0 fully saturated rings. The first-order chi connectivity index (χ1) is 10.3. The van der Waals surface area contributed by atoms with E-state index in [1.807, 2.05) is 6.07 Å². The highest BCUT2D eigenvalue weighted by atomic mass is 16.3. The van der Waals surface area contributed by atoms with Gasteiger partial charge in [0.1, 0.15) is 5.75 Å². The topological polar surface area (TPSA) is 32.3 Å². The van der Waals surface area contributed by atoms with Gasteiger partial charge in [0.05, 0.1) is 6.04 Å². The van der Waals surface area contributed by atoms with Crippen LogP contribution in [0.1, 0.15) is 47.6 Å². The molecule has 0 heterocycles. The molecule has 0 amide bonds. The summed E-state index contributed by atoms with van der Waals surface area (Å²) in [5.41, 5.74) is 6.72. The zero-order chi connectivity index (χ0) is 14.2. The van der Waals surface area contributed by atoms with Gasteiger partial charge in [0.2, 0.25) is 0 Å². The predicted molar refractivity (Wildman–Crippen MR) is 85.9 cm³/mol. The van der Waals surface area contributed by atoms with Gasteiger partial charge in [-0.15, -0.1) is 0 Å². The minimum atomic E-state index is 0.334. The van der Waals surface area contributed by atoms with Gasteiger partial charge < -0.3 is 10.4 Å². The number of nitrogens with one attached hydrogen (secondary N) is 1. The van der Waals surface area contributed by atoms with Gasteiger partial charge in [0, 0.05) is 5.69 Å². The third kappa shape index (κ3) is 2.19. The van der Waals surface area contributed by atoms with Crippen LogP contribution in [-0.4, -0.2) is 5.11 Å². The molecule has 2 aliphatic carbocycles. The molecule has 2 heteroatoms. The minimum Gasteiger partial charge on any atom is -0.508 e. The Hall–Kier alpha value is -1.96. The maximum absolute atomic E-state index is 9.98. The lowest BCUT2D eigenvalue weighted by molar-refractivity contribution is 0.469. The summed E-state index contributed by atoms with van der Waals surface area (Å²) in [6, 6.07) is 12.9. The molecule has 0 saturated carbocycles. The summed E-state index contributed by atoms with van der Waals surface area (Å²) in [5, 5.41) is 13.7. The first kappa shape index (κ1) is 12.8. The lowest BCUT2D eigenvalue weighted by Gasteiger charge is -2.23. The lowest BCUT2D eigenvalue weighted by atomic mass is 9.90. The van der Waals surface area contributed by atoms with Crippen LogP contribution in [0.15, 0.2) is 36.4 Å². The van der Waals surface area contributed by atoms with Gasteiger partial charge in [-0.1, -0.05) is 24.3 Å². The van der Waals surface area contributed by atoms with Gasteiger partial charge in [-0.3, -0.25) is 0 Å². The first-order valence-electron chi connectivity index (χ1n) is 8.01. The number of rotatable bonds is 2. The van der Waals surface area contributed by atoms with Crippen molar-refractivity contribution >= 4 is 5.69 Å². The molecule has 2 nitrogen and oxygen atoms in total. The Kier molecular flexibility index (Phi) is 3.10. The monoisotopic (exact) mass is 279 g/mol. The first-order valence-corrected chi connectivity index (χ1v) is 8.01. The molecule has 2 N–H and O–H groups in total. The molecule has 1 atom stereocenters. The van der Waals surface area contributed by atoms with Crippen LogP contribution in [0, 0.1) is 0 Å². The fourth-order valence-corrected chi connectivity index (χ4v) is 3.89. The van der Waals surface area contributed by atoms with E-state index in [2.05, 4.69) is 29.6 Å². The summed E-state index contributed by atoms with van der Waals surface area (Å²) < 4.78 is 0. The Bertz CT molecular complexity index is 677. The van der Waals surface area contributed by atoms with Gasteiger partial charge >= 0.3 is 0 Å². The zero-order valence-corrected chi connectivity index (χ0v) is 12.2. The molecule has 0 spiro atoms. The number of hydrogen-bond donors (Lipinski definition) is 2. The lowest BCUT2D eigenvalue weighted by Crippen LogP contribution is -2.12. The average Bonchev–Trinajstić information content (AvgIpc) is 2.92. The molecule has 2 aromatic carbocycles. The summed E-state index contributed by atoms with van der Waals surface area (Å²) in [4.78, 5) is 0. The van der Waals surface area contributed by atoms with Gasteiger partial charge in [-0.25, -0.2) is 0 Å². The van der Waals surface area contributed by atoms with Crippen LogP contribution < -0.4 is 5.32 Å². The minimum absolute atomic E-state index is 0.334. The highest BCUT2D eigenvalue weighted by molar-refractivity contribution is 5.58. The van der Waals surface area contributed by atoms with E-state index in [-0.39, 0.29) is 0 Å². The second kappa shape index (κ2) is 5.10. The number of hydrogen-bond acceptors (Lipinski definition) is 2. The van der Waals surface area contributed by atoms with Crippen molar-refractivity contribution < 1.29 is 5.11 Å². The Morgan fingerprint density at radius 1 is 0.905 bits per heavy atom. The third-order valence-corrected chi connectivity index (χ3v) is 4.97. The van der Waals surface area contributed by atoms with Crippen molar-refractivity contribution in [3.63, 3.8) is 0 Å². The van der Waals surface area contributed by atoms with Crippen LogP contribution in [-0.2, 0) is 19.3 Å². The fourth-order valence-electron chi connectivity index (χ4n) is 3.89. The van der Waals surface area contributed by atoms with Gasteiger partial charge in [0.25, 0.3) is 0 Å². The molecule has 2 aromatic rings. The predicted octanol–water partition coefficient (Wildman–Crippen LogP) is 4.37. The van der Waals surface area contributed by atoms with E-state index >= 15 is 0 Å². The van der Waals surface area contributed by atoms with E-state index in [9.17, 15) is 5.11 Å². The smallest absolute Gasteiger partial charge is 0.119 e. The number of anilines is 1. The van der Waals surface area contributed by atoms with Crippen LogP contribution in [0.2, 0.25) is 0 Å². The summed E-state index contributed by atoms with van der Waals surface area (Å²) in [5.74, 6) is 0.451. The molecule has 0 saturated heterocycles. The highest BCUT2D eigenvalue weighted by Crippen LogP contribution is 2.39. The fraction of sp³-hybridized carbons (Fsp3) is 0.368. The highest BCUT2D eigenvalue weighted by Gasteiger charge is 2.25.